The van der Waals surface area contributed by atoms with Gasteiger partial charge in [-0.3, -0.25) is 14.2 Å². The quantitative estimate of drug-likeness (QED) is 0.278. The van der Waals surface area contributed by atoms with E-state index >= 15 is 0 Å². The summed E-state index contributed by atoms with van der Waals surface area (Å²) in [6.07, 6.45) is 2.31. The number of rotatable bonds is 10. The van der Waals surface area contributed by atoms with Gasteiger partial charge < -0.3 is 10.1 Å². The van der Waals surface area contributed by atoms with Crippen LogP contribution in [0.15, 0.2) is 40.4 Å². The van der Waals surface area contributed by atoms with Gasteiger partial charge in [0, 0.05) is 36.9 Å². The molecule has 2 heterocycles. The predicted octanol–water partition coefficient (Wildman–Crippen LogP) is 3.98. The summed E-state index contributed by atoms with van der Waals surface area (Å²) in [5.74, 6) is 0.537. The number of carbonyl (C=O) groups excluding carboxylic acids is 1. The largest absolute Gasteiger partial charge is 0.382 e. The maximum atomic E-state index is 13.1. The number of hydrogen-bond acceptors (Lipinski definition) is 6. The van der Waals surface area contributed by atoms with Crippen molar-refractivity contribution >= 4 is 46.0 Å². The van der Waals surface area contributed by atoms with Crippen LogP contribution in [0, 0.1) is 0 Å². The van der Waals surface area contributed by atoms with E-state index in [1.54, 1.807) is 39.7 Å². The van der Waals surface area contributed by atoms with Gasteiger partial charge in [-0.1, -0.05) is 23.4 Å². The van der Waals surface area contributed by atoms with Crippen LogP contribution in [0.3, 0.4) is 0 Å². The van der Waals surface area contributed by atoms with Crippen LogP contribution in [-0.2, 0) is 16.1 Å². The zero-order valence-corrected chi connectivity index (χ0v) is 19.4. The van der Waals surface area contributed by atoms with Gasteiger partial charge in [0.25, 0.3) is 5.56 Å². The molecular weight excluding hydrogens is 438 g/mol. The number of amides is 1. The molecule has 0 radical (unpaired) electrons. The van der Waals surface area contributed by atoms with Crippen LogP contribution in [0.25, 0.3) is 10.9 Å². The second-order valence-electron chi connectivity index (χ2n) is 7.15. The van der Waals surface area contributed by atoms with Crippen molar-refractivity contribution in [2.24, 2.45) is 0 Å². The fourth-order valence-corrected chi connectivity index (χ4v) is 4.08. The van der Waals surface area contributed by atoms with Crippen molar-refractivity contribution < 1.29 is 9.53 Å². The highest BCUT2D eigenvalue weighted by Gasteiger charge is 2.15. The first-order valence-electron chi connectivity index (χ1n) is 10.1. The number of fused-ring (bicyclic) bond motifs is 1. The van der Waals surface area contributed by atoms with Gasteiger partial charge in [-0.05, 0) is 45.4 Å². The first kappa shape index (κ1) is 23.3. The molecule has 0 aliphatic rings. The molecule has 1 aromatic carbocycles. The van der Waals surface area contributed by atoms with Crippen LogP contribution >= 0.6 is 23.4 Å². The van der Waals surface area contributed by atoms with Crippen molar-refractivity contribution in [1.29, 1.82) is 0 Å². The number of nitrogens with zero attached hydrogens (tertiary/aromatic N) is 4. The second-order valence-corrected chi connectivity index (χ2v) is 8.53. The molecule has 166 valence electrons. The van der Waals surface area contributed by atoms with Crippen LogP contribution in [-0.4, -0.2) is 44.2 Å². The van der Waals surface area contributed by atoms with E-state index in [9.17, 15) is 9.59 Å². The van der Waals surface area contributed by atoms with Crippen molar-refractivity contribution in [2.75, 3.05) is 24.3 Å². The normalized spacial score (nSPS) is 11.4. The van der Waals surface area contributed by atoms with Crippen molar-refractivity contribution in [2.45, 2.75) is 44.9 Å². The maximum Gasteiger partial charge on any atom is 0.262 e. The number of anilines is 1. The molecule has 3 rings (SSSR count). The Balaban J connectivity index is 1.80. The summed E-state index contributed by atoms with van der Waals surface area (Å²) >= 11 is 7.30. The predicted molar refractivity (Wildman–Crippen MR) is 124 cm³/mol. The second kappa shape index (κ2) is 10.8. The van der Waals surface area contributed by atoms with Gasteiger partial charge in [-0.15, -0.1) is 0 Å². The molecule has 1 N–H and O–H groups in total. The van der Waals surface area contributed by atoms with Crippen LogP contribution in [0.2, 0.25) is 5.02 Å². The van der Waals surface area contributed by atoms with Gasteiger partial charge >= 0.3 is 0 Å². The van der Waals surface area contributed by atoms with Crippen molar-refractivity contribution in [3.05, 3.63) is 45.8 Å². The van der Waals surface area contributed by atoms with Gasteiger partial charge in [0.15, 0.2) is 5.16 Å². The molecule has 10 heteroatoms. The third kappa shape index (κ3) is 5.87. The molecule has 0 atom stereocenters. The molecule has 0 unspecified atom stereocenters. The van der Waals surface area contributed by atoms with E-state index in [1.165, 1.54) is 11.8 Å². The van der Waals surface area contributed by atoms with Crippen LogP contribution < -0.4 is 10.9 Å². The number of ether oxygens (including phenoxy) is 1. The molecule has 0 saturated heterocycles. The zero-order chi connectivity index (χ0) is 22.4. The highest BCUT2D eigenvalue weighted by Crippen LogP contribution is 2.21. The van der Waals surface area contributed by atoms with E-state index in [0.29, 0.717) is 53.1 Å². The lowest BCUT2D eigenvalue weighted by atomic mass is 10.2. The zero-order valence-electron chi connectivity index (χ0n) is 17.8. The Morgan fingerprint density at radius 1 is 1.32 bits per heavy atom. The molecule has 8 nitrogen and oxygen atoms in total. The number of aromatic nitrogens is 4. The lowest BCUT2D eigenvalue weighted by Crippen LogP contribution is -2.25. The van der Waals surface area contributed by atoms with Gasteiger partial charge in [-0.25, -0.2) is 9.67 Å². The Bertz CT molecular complexity index is 1110. The summed E-state index contributed by atoms with van der Waals surface area (Å²) in [5, 5.41) is 8.56. The molecular formula is C21H26ClN5O3S. The van der Waals surface area contributed by atoms with Crippen LogP contribution in [0.1, 0.15) is 33.2 Å². The Kier molecular flexibility index (Phi) is 8.11. The summed E-state index contributed by atoms with van der Waals surface area (Å²) in [5.41, 5.74) is 0.360. The lowest BCUT2D eigenvalue weighted by Gasteiger charge is -2.14. The molecule has 3 aromatic rings. The van der Waals surface area contributed by atoms with Gasteiger partial charge in [-0.2, -0.15) is 5.10 Å². The van der Waals surface area contributed by atoms with Crippen LogP contribution in [0.4, 0.5) is 5.82 Å². The lowest BCUT2D eigenvalue weighted by molar-refractivity contribution is -0.113. The Morgan fingerprint density at radius 2 is 2.13 bits per heavy atom. The fraction of sp³-hybridized carbons (Fsp3) is 0.429. The molecule has 2 aromatic heterocycles. The number of halogens is 1. The Labute approximate surface area is 189 Å². The number of carbonyl (C=O) groups is 1. The molecule has 0 spiro atoms. The molecule has 0 bridgehead atoms. The molecule has 0 fully saturated rings. The minimum absolute atomic E-state index is 0.104. The molecule has 0 aliphatic carbocycles. The molecule has 31 heavy (non-hydrogen) atoms. The summed E-state index contributed by atoms with van der Waals surface area (Å²) < 4.78 is 8.73. The van der Waals surface area contributed by atoms with Gasteiger partial charge in [0.05, 0.1) is 22.9 Å². The average Bonchev–Trinajstić information content (AvgIpc) is 3.19. The standard InChI is InChI=1S/C21H26ClN5O3S/c1-4-30-11-5-10-26-20(29)16-7-6-15(22)12-17(16)24-21(26)31-13-19(28)25-18-8-9-23-27(18)14(2)3/h6-9,12,14H,4-5,10-11,13H2,1-3H3,(H,25,28). The van der Waals surface area contributed by atoms with Crippen LogP contribution in [0.5, 0.6) is 0 Å². The summed E-state index contributed by atoms with van der Waals surface area (Å²) in [4.78, 5) is 30.2. The minimum atomic E-state index is -0.200. The number of hydrogen-bond donors (Lipinski definition) is 1. The van der Waals surface area contributed by atoms with E-state index in [4.69, 9.17) is 16.3 Å². The summed E-state index contributed by atoms with van der Waals surface area (Å²) in [6, 6.07) is 6.90. The molecule has 0 saturated carbocycles. The SMILES string of the molecule is CCOCCCn1c(SCC(=O)Nc2ccnn2C(C)C)nc2cc(Cl)ccc2c1=O. The highest BCUT2D eigenvalue weighted by molar-refractivity contribution is 7.99. The van der Waals surface area contributed by atoms with E-state index in [1.807, 2.05) is 20.8 Å². The van der Waals surface area contributed by atoms with E-state index < -0.39 is 0 Å². The first-order valence-corrected chi connectivity index (χ1v) is 11.5. The number of thioether (sulfide) groups is 1. The van der Waals surface area contributed by atoms with E-state index in [2.05, 4.69) is 15.4 Å². The highest BCUT2D eigenvalue weighted by atomic mass is 35.5. The molecule has 1 amide bonds. The number of nitrogens with one attached hydrogen (secondary N) is 1. The van der Waals surface area contributed by atoms with Gasteiger partial charge in [0.2, 0.25) is 5.91 Å². The van der Waals surface area contributed by atoms with Crippen molar-refractivity contribution in [3.63, 3.8) is 0 Å². The Hall–Kier alpha value is -2.36. The average molecular weight is 464 g/mol. The number of benzene rings is 1. The summed E-state index contributed by atoms with van der Waals surface area (Å²) in [7, 11) is 0. The molecule has 0 aliphatic heterocycles. The minimum Gasteiger partial charge on any atom is -0.382 e. The topological polar surface area (TPSA) is 91.0 Å². The Morgan fingerprint density at radius 3 is 2.87 bits per heavy atom. The van der Waals surface area contributed by atoms with E-state index in [-0.39, 0.29) is 23.3 Å². The first-order chi connectivity index (χ1) is 14.9. The summed E-state index contributed by atoms with van der Waals surface area (Å²) in [6.45, 7) is 7.53. The third-order valence-electron chi connectivity index (χ3n) is 4.52. The van der Waals surface area contributed by atoms with Crippen molar-refractivity contribution in [3.8, 4) is 0 Å². The maximum absolute atomic E-state index is 13.1. The fourth-order valence-electron chi connectivity index (χ4n) is 3.08. The van der Waals surface area contributed by atoms with E-state index in [0.717, 1.165) is 0 Å². The van der Waals surface area contributed by atoms with Crippen molar-refractivity contribution in [1.82, 2.24) is 19.3 Å². The third-order valence-corrected chi connectivity index (χ3v) is 5.73. The van der Waals surface area contributed by atoms with Gasteiger partial charge in [0.1, 0.15) is 5.82 Å². The monoisotopic (exact) mass is 463 g/mol. The smallest absolute Gasteiger partial charge is 0.262 e.